The van der Waals surface area contributed by atoms with Gasteiger partial charge in [-0.15, -0.1) is 0 Å². The van der Waals surface area contributed by atoms with E-state index in [0.717, 1.165) is 16.7 Å². The van der Waals surface area contributed by atoms with Crippen LogP contribution >= 0.6 is 0 Å². The molecule has 0 unspecified atom stereocenters. The third-order valence-electron chi connectivity index (χ3n) is 8.25. The van der Waals surface area contributed by atoms with Gasteiger partial charge in [0.15, 0.2) is 0 Å². The molecule has 0 radical (unpaired) electrons. The predicted octanol–water partition coefficient (Wildman–Crippen LogP) is 10.6. The molecular formula is C40H26N2. The third-order valence-corrected chi connectivity index (χ3v) is 8.25. The summed E-state index contributed by atoms with van der Waals surface area (Å²) in [6.07, 6.45) is 7.53. The van der Waals surface area contributed by atoms with E-state index in [2.05, 4.69) is 131 Å². The van der Waals surface area contributed by atoms with E-state index in [-0.39, 0.29) is 0 Å². The minimum absolute atomic E-state index is 1.11. The van der Waals surface area contributed by atoms with Gasteiger partial charge in [0.05, 0.1) is 0 Å². The molecule has 2 heteroatoms. The molecule has 2 nitrogen and oxygen atoms in total. The highest BCUT2D eigenvalue weighted by atomic mass is 14.6. The normalized spacial score (nSPS) is 11.3. The third kappa shape index (κ3) is 3.96. The van der Waals surface area contributed by atoms with Crippen LogP contribution in [-0.2, 0) is 0 Å². The number of fused-ring (bicyclic) bond motifs is 3. The van der Waals surface area contributed by atoms with Crippen LogP contribution in [0.1, 0.15) is 0 Å². The molecule has 42 heavy (non-hydrogen) atoms. The van der Waals surface area contributed by atoms with Crippen molar-refractivity contribution < 1.29 is 0 Å². The summed E-state index contributed by atoms with van der Waals surface area (Å²) in [6.45, 7) is 0. The van der Waals surface area contributed by atoms with Gasteiger partial charge >= 0.3 is 0 Å². The molecule has 0 aliphatic carbocycles. The molecule has 0 bridgehead atoms. The van der Waals surface area contributed by atoms with Crippen LogP contribution in [0.5, 0.6) is 0 Å². The van der Waals surface area contributed by atoms with Crippen molar-refractivity contribution in [3.05, 3.63) is 158 Å². The number of hydrogen-bond acceptors (Lipinski definition) is 2. The summed E-state index contributed by atoms with van der Waals surface area (Å²) in [6, 6.07) is 48.1. The summed E-state index contributed by atoms with van der Waals surface area (Å²) < 4.78 is 0. The van der Waals surface area contributed by atoms with Gasteiger partial charge in [-0.1, -0.05) is 121 Å². The fraction of sp³-hybridized carbons (Fsp3) is 0. The second-order valence-electron chi connectivity index (χ2n) is 10.6. The Bertz CT molecular complexity index is 2160. The van der Waals surface area contributed by atoms with Crippen LogP contribution in [0.15, 0.2) is 158 Å². The van der Waals surface area contributed by atoms with E-state index in [1.807, 2.05) is 36.9 Å². The molecule has 0 saturated heterocycles. The van der Waals surface area contributed by atoms with Crippen LogP contribution in [0.2, 0.25) is 0 Å². The van der Waals surface area contributed by atoms with Crippen LogP contribution in [-0.4, -0.2) is 9.97 Å². The van der Waals surface area contributed by atoms with E-state index in [4.69, 9.17) is 0 Å². The van der Waals surface area contributed by atoms with Crippen molar-refractivity contribution in [2.45, 2.75) is 0 Å². The van der Waals surface area contributed by atoms with E-state index in [0.29, 0.717) is 0 Å². The highest BCUT2D eigenvalue weighted by Gasteiger charge is 2.20. The molecular weight excluding hydrogens is 508 g/mol. The first kappa shape index (κ1) is 24.2. The molecule has 0 atom stereocenters. The zero-order chi connectivity index (χ0) is 27.9. The summed E-state index contributed by atoms with van der Waals surface area (Å²) in [5.41, 5.74) is 9.53. The second-order valence-corrected chi connectivity index (χ2v) is 10.6. The van der Waals surface area contributed by atoms with Crippen LogP contribution in [0.3, 0.4) is 0 Å². The Labute approximate surface area is 244 Å². The van der Waals surface area contributed by atoms with Crippen molar-refractivity contribution in [2.24, 2.45) is 0 Å². The average molecular weight is 535 g/mol. The number of nitrogens with zero attached hydrogens (tertiary/aromatic N) is 2. The molecule has 0 N–H and O–H groups in total. The number of aromatic nitrogens is 2. The Hall–Kier alpha value is -5.60. The van der Waals surface area contributed by atoms with Crippen molar-refractivity contribution in [1.29, 1.82) is 0 Å². The lowest BCUT2D eigenvalue weighted by molar-refractivity contribution is 1.33. The van der Waals surface area contributed by atoms with Crippen LogP contribution in [0.4, 0.5) is 0 Å². The Kier molecular flexibility index (Phi) is 5.82. The van der Waals surface area contributed by atoms with Crippen molar-refractivity contribution >= 4 is 32.3 Å². The molecule has 8 rings (SSSR count). The Morgan fingerprint density at radius 2 is 0.833 bits per heavy atom. The van der Waals surface area contributed by atoms with Gasteiger partial charge in [0.2, 0.25) is 0 Å². The van der Waals surface area contributed by atoms with E-state index < -0.39 is 0 Å². The van der Waals surface area contributed by atoms with E-state index in [1.165, 1.54) is 60.1 Å². The molecule has 8 aromatic rings. The van der Waals surface area contributed by atoms with Crippen LogP contribution < -0.4 is 0 Å². The highest BCUT2D eigenvalue weighted by Crippen LogP contribution is 2.48. The molecule has 2 aromatic heterocycles. The SMILES string of the molecule is c1cncc(-c2ccc(-c3c4ccccc4c(-c4c(-c5cccnc5)ccc5ccccc45)c4ccccc34)cc2)c1. The summed E-state index contributed by atoms with van der Waals surface area (Å²) >= 11 is 0. The zero-order valence-corrected chi connectivity index (χ0v) is 22.9. The summed E-state index contributed by atoms with van der Waals surface area (Å²) in [5, 5.41) is 7.43. The second kappa shape index (κ2) is 10.1. The van der Waals surface area contributed by atoms with Gasteiger partial charge in [0.25, 0.3) is 0 Å². The van der Waals surface area contributed by atoms with Gasteiger partial charge in [0, 0.05) is 30.4 Å². The van der Waals surface area contributed by atoms with E-state index in [9.17, 15) is 0 Å². The minimum Gasteiger partial charge on any atom is -0.264 e. The Balaban J connectivity index is 1.47. The number of rotatable bonds is 4. The zero-order valence-electron chi connectivity index (χ0n) is 22.9. The Morgan fingerprint density at radius 1 is 0.310 bits per heavy atom. The lowest BCUT2D eigenvalue weighted by Crippen LogP contribution is -1.94. The number of pyridine rings is 2. The van der Waals surface area contributed by atoms with Crippen molar-refractivity contribution in [3.63, 3.8) is 0 Å². The fourth-order valence-electron chi connectivity index (χ4n) is 6.38. The van der Waals surface area contributed by atoms with Gasteiger partial charge in [0.1, 0.15) is 0 Å². The maximum atomic E-state index is 4.48. The maximum absolute atomic E-state index is 4.48. The molecule has 196 valence electrons. The average Bonchev–Trinajstić information content (AvgIpc) is 3.08. The van der Waals surface area contributed by atoms with Gasteiger partial charge in [-0.2, -0.15) is 0 Å². The summed E-state index contributed by atoms with van der Waals surface area (Å²) in [4.78, 5) is 8.79. The standard InChI is InChI=1S/C40H26N2/c1-2-12-32-28(9-1)21-22-33(31-11-8-24-42-26-31)39(32)40-36-15-5-3-13-34(36)38(35-14-4-6-16-37(35)40)29-19-17-27(18-20-29)30-10-7-23-41-25-30/h1-26H. The predicted molar refractivity (Wildman–Crippen MR) is 176 cm³/mol. The first-order valence-electron chi connectivity index (χ1n) is 14.2. The summed E-state index contributed by atoms with van der Waals surface area (Å²) in [5.74, 6) is 0. The Morgan fingerprint density at radius 3 is 1.43 bits per heavy atom. The van der Waals surface area contributed by atoms with Crippen molar-refractivity contribution in [3.8, 4) is 44.5 Å². The topological polar surface area (TPSA) is 25.8 Å². The van der Waals surface area contributed by atoms with Crippen LogP contribution in [0, 0.1) is 0 Å². The van der Waals surface area contributed by atoms with E-state index >= 15 is 0 Å². The van der Waals surface area contributed by atoms with Gasteiger partial charge in [-0.3, -0.25) is 9.97 Å². The van der Waals surface area contributed by atoms with Crippen molar-refractivity contribution in [2.75, 3.05) is 0 Å². The smallest absolute Gasteiger partial charge is 0.0346 e. The minimum atomic E-state index is 1.11. The molecule has 6 aromatic carbocycles. The van der Waals surface area contributed by atoms with E-state index in [1.54, 1.807) is 0 Å². The maximum Gasteiger partial charge on any atom is 0.0346 e. The van der Waals surface area contributed by atoms with Gasteiger partial charge in [-0.25, -0.2) is 0 Å². The first-order chi connectivity index (χ1) is 20.9. The molecule has 2 heterocycles. The highest BCUT2D eigenvalue weighted by molar-refractivity contribution is 6.25. The number of benzene rings is 6. The molecule has 0 amide bonds. The quantitative estimate of drug-likeness (QED) is 0.210. The molecule has 0 spiro atoms. The monoisotopic (exact) mass is 534 g/mol. The lowest BCUT2D eigenvalue weighted by atomic mass is 9.82. The molecule has 0 aliphatic rings. The largest absolute Gasteiger partial charge is 0.264 e. The summed E-state index contributed by atoms with van der Waals surface area (Å²) in [7, 11) is 0. The molecule has 0 fully saturated rings. The van der Waals surface area contributed by atoms with Crippen LogP contribution in [0.25, 0.3) is 76.8 Å². The molecule has 0 aliphatic heterocycles. The lowest BCUT2D eigenvalue weighted by Gasteiger charge is -2.21. The number of hydrogen-bond donors (Lipinski definition) is 0. The first-order valence-corrected chi connectivity index (χ1v) is 14.2. The van der Waals surface area contributed by atoms with Crippen molar-refractivity contribution in [1.82, 2.24) is 9.97 Å². The fourth-order valence-corrected chi connectivity index (χ4v) is 6.38. The molecule has 0 saturated carbocycles. The van der Waals surface area contributed by atoms with Gasteiger partial charge in [-0.05, 0) is 83.4 Å². The van der Waals surface area contributed by atoms with Gasteiger partial charge < -0.3 is 0 Å².